The zero-order chi connectivity index (χ0) is 13.1. The zero-order valence-electron chi connectivity index (χ0n) is 11.6. The summed E-state index contributed by atoms with van der Waals surface area (Å²) in [6.07, 6.45) is 3.90. The summed E-state index contributed by atoms with van der Waals surface area (Å²) < 4.78 is 2.18. The molecular weight excluding hydrogens is 222 g/mol. The van der Waals surface area contributed by atoms with Crippen LogP contribution < -0.4 is 5.32 Å². The lowest BCUT2D eigenvalue weighted by molar-refractivity contribution is 0.588. The van der Waals surface area contributed by atoms with Crippen molar-refractivity contribution in [3.05, 3.63) is 53.1 Å². The van der Waals surface area contributed by atoms with Crippen molar-refractivity contribution in [3.8, 4) is 0 Å². The number of imidazole rings is 1. The third-order valence-corrected chi connectivity index (χ3v) is 3.38. The number of aromatic nitrogens is 2. The Bertz CT molecular complexity index is 528. The third kappa shape index (κ3) is 2.31. The number of rotatable bonds is 4. The molecule has 0 saturated carbocycles. The van der Waals surface area contributed by atoms with E-state index in [1.54, 1.807) is 0 Å². The Kier molecular flexibility index (Phi) is 3.82. The Morgan fingerprint density at radius 3 is 2.78 bits per heavy atom. The molecule has 0 aliphatic rings. The van der Waals surface area contributed by atoms with Crippen LogP contribution in [0.25, 0.3) is 0 Å². The standard InChI is InChI=1S/C15H21N3/c1-5-18-9-8-17-15(18)14(16-4)13-10-11(2)6-7-12(13)3/h6-10,14,16H,5H2,1-4H3. The fraction of sp³-hybridized carbons (Fsp3) is 0.400. The molecule has 0 amide bonds. The first-order valence-electron chi connectivity index (χ1n) is 6.42. The fourth-order valence-electron chi connectivity index (χ4n) is 2.34. The first kappa shape index (κ1) is 12.8. The van der Waals surface area contributed by atoms with Crippen LogP contribution in [0.5, 0.6) is 0 Å². The van der Waals surface area contributed by atoms with Gasteiger partial charge < -0.3 is 9.88 Å². The van der Waals surface area contributed by atoms with Gasteiger partial charge in [-0.25, -0.2) is 4.98 Å². The van der Waals surface area contributed by atoms with E-state index >= 15 is 0 Å². The predicted octanol–water partition coefficient (Wildman–Crippen LogP) is 2.83. The summed E-state index contributed by atoms with van der Waals surface area (Å²) in [6.45, 7) is 7.36. The van der Waals surface area contributed by atoms with Crippen molar-refractivity contribution in [1.29, 1.82) is 0 Å². The molecule has 3 nitrogen and oxygen atoms in total. The minimum absolute atomic E-state index is 0.153. The van der Waals surface area contributed by atoms with E-state index in [4.69, 9.17) is 0 Å². The molecule has 2 aromatic rings. The maximum atomic E-state index is 4.51. The van der Waals surface area contributed by atoms with Gasteiger partial charge in [0.2, 0.25) is 0 Å². The van der Waals surface area contributed by atoms with Gasteiger partial charge in [0, 0.05) is 18.9 Å². The van der Waals surface area contributed by atoms with E-state index in [0.717, 1.165) is 12.4 Å². The molecule has 3 heteroatoms. The average molecular weight is 243 g/mol. The van der Waals surface area contributed by atoms with Gasteiger partial charge in [0.05, 0.1) is 6.04 Å². The van der Waals surface area contributed by atoms with Crippen molar-refractivity contribution in [1.82, 2.24) is 14.9 Å². The van der Waals surface area contributed by atoms with E-state index < -0.39 is 0 Å². The Labute approximate surface area is 109 Å². The van der Waals surface area contributed by atoms with Crippen molar-refractivity contribution in [2.24, 2.45) is 0 Å². The molecule has 2 rings (SSSR count). The summed E-state index contributed by atoms with van der Waals surface area (Å²) in [5, 5.41) is 3.38. The molecule has 1 aromatic heterocycles. The number of nitrogens with zero attached hydrogens (tertiary/aromatic N) is 2. The van der Waals surface area contributed by atoms with E-state index in [2.05, 4.69) is 53.8 Å². The van der Waals surface area contributed by atoms with Crippen LogP contribution in [0.3, 0.4) is 0 Å². The molecular formula is C15H21N3. The maximum absolute atomic E-state index is 4.51. The summed E-state index contributed by atoms with van der Waals surface area (Å²) in [7, 11) is 1.99. The number of hydrogen-bond donors (Lipinski definition) is 1. The SMILES string of the molecule is CCn1ccnc1C(NC)c1cc(C)ccc1C. The lowest BCUT2D eigenvalue weighted by atomic mass is 9.98. The number of hydrogen-bond acceptors (Lipinski definition) is 2. The molecule has 1 atom stereocenters. The number of benzene rings is 1. The van der Waals surface area contributed by atoms with Crippen LogP contribution in [0, 0.1) is 13.8 Å². The summed E-state index contributed by atoms with van der Waals surface area (Å²) in [6, 6.07) is 6.72. The molecule has 0 aliphatic carbocycles. The molecule has 96 valence electrons. The van der Waals surface area contributed by atoms with E-state index in [1.165, 1.54) is 16.7 Å². The minimum atomic E-state index is 0.153. The highest BCUT2D eigenvalue weighted by Gasteiger charge is 2.18. The predicted molar refractivity (Wildman–Crippen MR) is 74.7 cm³/mol. The lowest BCUT2D eigenvalue weighted by Crippen LogP contribution is -2.22. The highest BCUT2D eigenvalue weighted by molar-refractivity contribution is 5.36. The summed E-state index contributed by atoms with van der Waals surface area (Å²) in [5.74, 6) is 1.08. The Balaban J connectivity index is 2.48. The van der Waals surface area contributed by atoms with Crippen molar-refractivity contribution in [3.63, 3.8) is 0 Å². The lowest BCUT2D eigenvalue weighted by Gasteiger charge is -2.20. The van der Waals surface area contributed by atoms with Gasteiger partial charge >= 0.3 is 0 Å². The molecule has 0 radical (unpaired) electrons. The van der Waals surface area contributed by atoms with Gasteiger partial charge in [-0.15, -0.1) is 0 Å². The second-order valence-electron chi connectivity index (χ2n) is 4.65. The molecule has 18 heavy (non-hydrogen) atoms. The van der Waals surface area contributed by atoms with Gasteiger partial charge in [0.15, 0.2) is 0 Å². The fourth-order valence-corrected chi connectivity index (χ4v) is 2.34. The van der Waals surface area contributed by atoms with Crippen molar-refractivity contribution < 1.29 is 0 Å². The average Bonchev–Trinajstić information content (AvgIpc) is 2.83. The summed E-state index contributed by atoms with van der Waals surface area (Å²) in [4.78, 5) is 4.51. The summed E-state index contributed by atoms with van der Waals surface area (Å²) in [5.41, 5.74) is 3.88. The monoisotopic (exact) mass is 243 g/mol. The molecule has 1 unspecified atom stereocenters. The molecule has 1 heterocycles. The van der Waals surface area contributed by atoms with Crippen LogP contribution in [0.4, 0.5) is 0 Å². The highest BCUT2D eigenvalue weighted by atomic mass is 15.1. The number of aryl methyl sites for hydroxylation is 3. The normalized spacial score (nSPS) is 12.7. The summed E-state index contributed by atoms with van der Waals surface area (Å²) >= 11 is 0. The molecule has 0 aliphatic heterocycles. The van der Waals surface area contributed by atoms with Gasteiger partial charge in [-0.05, 0) is 38.9 Å². The van der Waals surface area contributed by atoms with Crippen LogP contribution in [-0.4, -0.2) is 16.6 Å². The van der Waals surface area contributed by atoms with E-state index in [9.17, 15) is 0 Å². The van der Waals surface area contributed by atoms with Crippen LogP contribution in [0.1, 0.15) is 35.5 Å². The zero-order valence-corrected chi connectivity index (χ0v) is 11.6. The molecule has 0 saturated heterocycles. The minimum Gasteiger partial charge on any atom is -0.334 e. The second kappa shape index (κ2) is 5.36. The van der Waals surface area contributed by atoms with Gasteiger partial charge in [-0.1, -0.05) is 23.8 Å². The maximum Gasteiger partial charge on any atom is 0.130 e. The van der Waals surface area contributed by atoms with E-state index in [1.807, 2.05) is 19.4 Å². The quantitative estimate of drug-likeness (QED) is 0.895. The molecule has 1 aromatic carbocycles. The second-order valence-corrected chi connectivity index (χ2v) is 4.65. The Morgan fingerprint density at radius 1 is 1.33 bits per heavy atom. The van der Waals surface area contributed by atoms with Crippen molar-refractivity contribution >= 4 is 0 Å². The van der Waals surface area contributed by atoms with Crippen molar-refractivity contribution in [2.45, 2.75) is 33.4 Å². The first-order chi connectivity index (χ1) is 8.67. The van der Waals surface area contributed by atoms with Crippen LogP contribution in [0.15, 0.2) is 30.6 Å². The van der Waals surface area contributed by atoms with Gasteiger partial charge in [0.25, 0.3) is 0 Å². The third-order valence-electron chi connectivity index (χ3n) is 3.38. The molecule has 0 fully saturated rings. The molecule has 0 bridgehead atoms. The van der Waals surface area contributed by atoms with Crippen LogP contribution in [-0.2, 0) is 6.54 Å². The topological polar surface area (TPSA) is 29.9 Å². The smallest absolute Gasteiger partial charge is 0.130 e. The Hall–Kier alpha value is -1.61. The first-order valence-corrected chi connectivity index (χ1v) is 6.42. The van der Waals surface area contributed by atoms with Crippen LogP contribution >= 0.6 is 0 Å². The number of nitrogens with one attached hydrogen (secondary N) is 1. The molecule has 1 N–H and O–H groups in total. The van der Waals surface area contributed by atoms with Gasteiger partial charge in [-0.2, -0.15) is 0 Å². The highest BCUT2D eigenvalue weighted by Crippen LogP contribution is 2.24. The Morgan fingerprint density at radius 2 is 2.11 bits per heavy atom. The van der Waals surface area contributed by atoms with E-state index in [0.29, 0.717) is 0 Å². The van der Waals surface area contributed by atoms with Gasteiger partial charge in [-0.3, -0.25) is 0 Å². The largest absolute Gasteiger partial charge is 0.334 e. The van der Waals surface area contributed by atoms with Gasteiger partial charge in [0.1, 0.15) is 5.82 Å². The molecule has 0 spiro atoms. The van der Waals surface area contributed by atoms with Crippen molar-refractivity contribution in [2.75, 3.05) is 7.05 Å². The van der Waals surface area contributed by atoms with E-state index in [-0.39, 0.29) is 6.04 Å². The van der Waals surface area contributed by atoms with Crippen LogP contribution in [0.2, 0.25) is 0 Å².